The third kappa shape index (κ3) is 3.15. The summed E-state index contributed by atoms with van der Waals surface area (Å²) in [6.45, 7) is 1.63. The maximum atomic E-state index is 12.0. The van der Waals surface area contributed by atoms with E-state index in [0.717, 1.165) is 12.0 Å². The van der Waals surface area contributed by atoms with Crippen molar-refractivity contribution in [3.63, 3.8) is 0 Å². The second-order valence-corrected chi connectivity index (χ2v) is 4.62. The van der Waals surface area contributed by atoms with Crippen LogP contribution >= 0.6 is 0 Å². The molecule has 2 N–H and O–H groups in total. The Balaban J connectivity index is 2.40. The van der Waals surface area contributed by atoms with Crippen molar-refractivity contribution < 1.29 is 9.84 Å². The summed E-state index contributed by atoms with van der Waals surface area (Å²) in [5, 5.41) is 8.92. The SMILES string of the molecule is Cc1cn(C(OCCO)C2=CCC=CC2)c(=O)[nH]c1=O. The predicted molar refractivity (Wildman–Crippen MR) is 74.6 cm³/mol. The van der Waals surface area contributed by atoms with Gasteiger partial charge in [0.1, 0.15) is 0 Å². The van der Waals surface area contributed by atoms with Gasteiger partial charge in [-0.15, -0.1) is 0 Å². The molecule has 0 amide bonds. The Morgan fingerprint density at radius 2 is 2.25 bits per heavy atom. The second kappa shape index (κ2) is 6.49. The summed E-state index contributed by atoms with van der Waals surface area (Å²) in [4.78, 5) is 25.7. The van der Waals surface area contributed by atoms with E-state index in [2.05, 4.69) is 4.98 Å². The molecule has 1 atom stereocenters. The van der Waals surface area contributed by atoms with Crippen LogP contribution in [-0.2, 0) is 4.74 Å². The fourth-order valence-corrected chi connectivity index (χ4v) is 2.11. The maximum absolute atomic E-state index is 12.0. The number of aliphatic hydroxyl groups excluding tert-OH is 1. The summed E-state index contributed by atoms with van der Waals surface area (Å²) in [6.07, 6.45) is 8.39. The Morgan fingerprint density at radius 3 is 2.90 bits per heavy atom. The largest absolute Gasteiger partial charge is 0.394 e. The van der Waals surface area contributed by atoms with Crippen molar-refractivity contribution in [1.29, 1.82) is 0 Å². The van der Waals surface area contributed by atoms with Crippen LogP contribution in [0.3, 0.4) is 0 Å². The van der Waals surface area contributed by atoms with Gasteiger partial charge in [-0.2, -0.15) is 0 Å². The lowest BCUT2D eigenvalue weighted by atomic mass is 10.0. The number of allylic oxidation sites excluding steroid dienone is 3. The van der Waals surface area contributed by atoms with Crippen LogP contribution < -0.4 is 11.2 Å². The van der Waals surface area contributed by atoms with Gasteiger partial charge in [0.25, 0.3) is 5.56 Å². The molecule has 1 aromatic rings. The van der Waals surface area contributed by atoms with Gasteiger partial charge in [0.2, 0.25) is 0 Å². The van der Waals surface area contributed by atoms with E-state index in [-0.39, 0.29) is 13.2 Å². The molecule has 1 heterocycles. The van der Waals surface area contributed by atoms with Crippen LogP contribution in [0.25, 0.3) is 0 Å². The smallest absolute Gasteiger partial charge is 0.330 e. The number of ether oxygens (including phenoxy) is 1. The van der Waals surface area contributed by atoms with Crippen molar-refractivity contribution >= 4 is 0 Å². The van der Waals surface area contributed by atoms with Gasteiger partial charge in [-0.25, -0.2) is 4.79 Å². The number of aromatic amines is 1. The Hall–Kier alpha value is -1.92. The van der Waals surface area contributed by atoms with Gasteiger partial charge in [0.15, 0.2) is 6.23 Å². The topological polar surface area (TPSA) is 84.3 Å². The van der Waals surface area contributed by atoms with Crippen LogP contribution in [0.4, 0.5) is 0 Å². The first-order valence-corrected chi connectivity index (χ1v) is 6.52. The molecule has 0 aromatic carbocycles. The number of hydrogen-bond donors (Lipinski definition) is 2. The Bertz CT molecular complexity index is 639. The Kier molecular flexibility index (Phi) is 4.70. The zero-order valence-corrected chi connectivity index (χ0v) is 11.3. The van der Waals surface area contributed by atoms with Crippen molar-refractivity contribution in [2.45, 2.75) is 26.0 Å². The van der Waals surface area contributed by atoms with E-state index in [1.165, 1.54) is 10.8 Å². The monoisotopic (exact) mass is 278 g/mol. The van der Waals surface area contributed by atoms with Gasteiger partial charge in [-0.1, -0.05) is 18.2 Å². The minimum absolute atomic E-state index is 0.121. The number of aromatic nitrogens is 2. The van der Waals surface area contributed by atoms with E-state index in [9.17, 15) is 9.59 Å². The molecule has 6 heteroatoms. The number of hydrogen-bond acceptors (Lipinski definition) is 4. The van der Waals surface area contributed by atoms with Crippen molar-refractivity contribution in [2.75, 3.05) is 13.2 Å². The van der Waals surface area contributed by atoms with Gasteiger partial charge in [-0.05, 0) is 25.3 Å². The van der Waals surface area contributed by atoms with E-state index >= 15 is 0 Å². The summed E-state index contributed by atoms with van der Waals surface area (Å²) < 4.78 is 6.94. The number of aryl methyl sites for hydroxylation is 1. The Labute approximate surface area is 116 Å². The van der Waals surface area contributed by atoms with E-state index in [1.807, 2.05) is 18.2 Å². The van der Waals surface area contributed by atoms with Crippen molar-refractivity contribution in [1.82, 2.24) is 9.55 Å². The standard InChI is InChI=1S/C14H18N2O4/c1-10-9-16(14(19)15-12(10)18)13(20-8-7-17)11-5-3-2-4-6-11/h2-3,6,9,13,17H,4-5,7-8H2,1H3,(H,15,18,19). The summed E-state index contributed by atoms with van der Waals surface area (Å²) in [6, 6.07) is 0. The molecule has 0 spiro atoms. The minimum atomic E-state index is -0.602. The van der Waals surface area contributed by atoms with Crippen molar-refractivity contribution in [3.05, 3.63) is 56.4 Å². The van der Waals surface area contributed by atoms with Gasteiger partial charge >= 0.3 is 5.69 Å². The first-order valence-electron chi connectivity index (χ1n) is 6.52. The molecule has 2 rings (SSSR count). The van der Waals surface area contributed by atoms with Crippen LogP contribution in [-0.4, -0.2) is 27.9 Å². The fourth-order valence-electron chi connectivity index (χ4n) is 2.11. The van der Waals surface area contributed by atoms with Crippen molar-refractivity contribution in [2.24, 2.45) is 0 Å². The zero-order valence-electron chi connectivity index (χ0n) is 11.3. The average Bonchev–Trinajstić information content (AvgIpc) is 2.45. The second-order valence-electron chi connectivity index (χ2n) is 4.62. The number of nitrogens with zero attached hydrogens (tertiary/aromatic N) is 1. The molecular weight excluding hydrogens is 260 g/mol. The van der Waals surface area contributed by atoms with Gasteiger partial charge < -0.3 is 9.84 Å². The van der Waals surface area contributed by atoms with Crippen molar-refractivity contribution in [3.8, 4) is 0 Å². The lowest BCUT2D eigenvalue weighted by Gasteiger charge is -2.23. The molecule has 6 nitrogen and oxygen atoms in total. The highest BCUT2D eigenvalue weighted by Gasteiger charge is 2.19. The zero-order chi connectivity index (χ0) is 14.5. The number of nitrogens with one attached hydrogen (secondary N) is 1. The number of aliphatic hydroxyl groups is 1. The molecule has 0 radical (unpaired) electrons. The van der Waals surface area contributed by atoms with Crippen LogP contribution in [0.5, 0.6) is 0 Å². The summed E-state index contributed by atoms with van der Waals surface area (Å²) in [5.41, 5.74) is 0.465. The first kappa shape index (κ1) is 14.5. The Morgan fingerprint density at radius 1 is 1.45 bits per heavy atom. The molecule has 0 bridgehead atoms. The lowest BCUT2D eigenvalue weighted by molar-refractivity contribution is 0.00398. The molecule has 0 saturated heterocycles. The molecule has 108 valence electrons. The number of H-pyrrole nitrogens is 1. The first-order chi connectivity index (χ1) is 9.63. The predicted octanol–water partition coefficient (Wildman–Crippen LogP) is 0.629. The molecule has 1 aliphatic rings. The molecule has 0 saturated carbocycles. The van der Waals surface area contributed by atoms with Crippen LogP contribution in [0.1, 0.15) is 24.6 Å². The van der Waals surface area contributed by atoms with Crippen LogP contribution in [0.2, 0.25) is 0 Å². The summed E-state index contributed by atoms with van der Waals surface area (Å²) in [5.74, 6) is 0. The highest BCUT2D eigenvalue weighted by atomic mass is 16.5. The maximum Gasteiger partial charge on any atom is 0.330 e. The van der Waals surface area contributed by atoms with Gasteiger partial charge in [-0.3, -0.25) is 14.3 Å². The third-order valence-corrected chi connectivity index (χ3v) is 3.12. The van der Waals surface area contributed by atoms with Gasteiger partial charge in [0, 0.05) is 11.8 Å². The van der Waals surface area contributed by atoms with E-state index in [4.69, 9.17) is 9.84 Å². The van der Waals surface area contributed by atoms with Crippen LogP contribution in [0.15, 0.2) is 39.6 Å². The summed E-state index contributed by atoms with van der Waals surface area (Å²) >= 11 is 0. The quantitative estimate of drug-likeness (QED) is 0.774. The normalized spacial score (nSPS) is 16.0. The third-order valence-electron chi connectivity index (χ3n) is 3.12. The molecular formula is C14H18N2O4. The minimum Gasteiger partial charge on any atom is -0.394 e. The molecule has 0 fully saturated rings. The molecule has 20 heavy (non-hydrogen) atoms. The molecule has 1 aromatic heterocycles. The fraction of sp³-hybridized carbons (Fsp3) is 0.429. The molecule has 1 aliphatic carbocycles. The molecule has 1 unspecified atom stereocenters. The van der Waals surface area contributed by atoms with Crippen LogP contribution in [0, 0.1) is 6.92 Å². The van der Waals surface area contributed by atoms with E-state index in [1.54, 1.807) is 6.92 Å². The highest BCUT2D eigenvalue weighted by molar-refractivity contribution is 5.18. The highest BCUT2D eigenvalue weighted by Crippen LogP contribution is 2.24. The number of rotatable bonds is 5. The van der Waals surface area contributed by atoms with E-state index < -0.39 is 17.5 Å². The van der Waals surface area contributed by atoms with E-state index in [0.29, 0.717) is 12.0 Å². The lowest BCUT2D eigenvalue weighted by Crippen LogP contribution is -2.35. The summed E-state index contributed by atoms with van der Waals surface area (Å²) in [7, 11) is 0. The van der Waals surface area contributed by atoms with Gasteiger partial charge in [0.05, 0.1) is 13.2 Å². The molecule has 0 aliphatic heterocycles. The average molecular weight is 278 g/mol.